The monoisotopic (exact) mass is 313 g/mol. The molecule has 0 saturated carbocycles. The molecule has 0 aliphatic carbocycles. The first-order chi connectivity index (χ1) is 11.0. The number of nitrogen functional groups attached to an aromatic ring is 1. The summed E-state index contributed by atoms with van der Waals surface area (Å²) in [6.45, 7) is 3.79. The van der Waals surface area contributed by atoms with E-state index >= 15 is 0 Å². The van der Waals surface area contributed by atoms with Crippen molar-refractivity contribution in [1.29, 1.82) is 0 Å². The van der Waals surface area contributed by atoms with E-state index in [1.165, 1.54) is 6.92 Å². The van der Waals surface area contributed by atoms with E-state index in [1.54, 1.807) is 48.5 Å². The highest BCUT2D eigenvalue weighted by Crippen LogP contribution is 2.20. The van der Waals surface area contributed by atoms with E-state index in [9.17, 15) is 9.59 Å². The number of ether oxygens (including phenoxy) is 1. The van der Waals surface area contributed by atoms with E-state index in [1.807, 2.05) is 6.92 Å². The molecule has 0 radical (unpaired) electrons. The number of anilines is 3. The number of amides is 3. The van der Waals surface area contributed by atoms with E-state index in [2.05, 4.69) is 5.32 Å². The number of benzene rings is 2. The lowest BCUT2D eigenvalue weighted by molar-refractivity contribution is -0.115. The molecule has 0 bridgehead atoms. The van der Waals surface area contributed by atoms with Gasteiger partial charge in [0.25, 0.3) is 0 Å². The summed E-state index contributed by atoms with van der Waals surface area (Å²) in [5.74, 6) is 0.325. The Bertz CT molecular complexity index is 681. The Balaban J connectivity index is 2.15. The second-order valence-corrected chi connectivity index (χ2v) is 4.83. The van der Waals surface area contributed by atoms with Gasteiger partial charge in [0.05, 0.1) is 12.3 Å². The van der Waals surface area contributed by atoms with Crippen LogP contribution in [0.3, 0.4) is 0 Å². The smallest absolute Gasteiger partial charge is 0.333 e. The molecule has 0 fully saturated rings. The second kappa shape index (κ2) is 7.31. The van der Waals surface area contributed by atoms with Gasteiger partial charge in [0.1, 0.15) is 5.75 Å². The molecule has 0 aromatic heterocycles. The first kappa shape index (κ1) is 16.4. The highest BCUT2D eigenvalue weighted by Gasteiger charge is 2.20. The van der Waals surface area contributed by atoms with Gasteiger partial charge in [-0.1, -0.05) is 0 Å². The Morgan fingerprint density at radius 1 is 1.09 bits per heavy atom. The van der Waals surface area contributed by atoms with Gasteiger partial charge in [0.15, 0.2) is 0 Å². The zero-order valence-electron chi connectivity index (χ0n) is 13.1. The second-order valence-electron chi connectivity index (χ2n) is 4.83. The molecule has 120 valence electrons. The van der Waals surface area contributed by atoms with E-state index < -0.39 is 11.9 Å². The summed E-state index contributed by atoms with van der Waals surface area (Å²) < 4.78 is 5.34. The summed E-state index contributed by atoms with van der Waals surface area (Å²) in [5, 5.41) is 2.69. The molecule has 0 saturated heterocycles. The number of nitrogens with one attached hydrogen (secondary N) is 1. The minimum absolute atomic E-state index is 0.391. The van der Waals surface area contributed by atoms with Crippen molar-refractivity contribution in [3.8, 4) is 5.75 Å². The molecule has 0 aliphatic heterocycles. The van der Waals surface area contributed by atoms with Gasteiger partial charge >= 0.3 is 6.03 Å². The molecular formula is C17H19N3O3. The summed E-state index contributed by atoms with van der Waals surface area (Å²) in [6.07, 6.45) is 0. The van der Waals surface area contributed by atoms with Crippen molar-refractivity contribution < 1.29 is 14.3 Å². The normalized spacial score (nSPS) is 10.0. The van der Waals surface area contributed by atoms with Crippen LogP contribution in [0.25, 0.3) is 0 Å². The lowest BCUT2D eigenvalue weighted by Gasteiger charge is -2.20. The average Bonchev–Trinajstić information content (AvgIpc) is 2.51. The van der Waals surface area contributed by atoms with Gasteiger partial charge in [-0.15, -0.1) is 0 Å². The number of rotatable bonds is 4. The molecule has 6 heteroatoms. The summed E-state index contributed by atoms with van der Waals surface area (Å²) in [5.41, 5.74) is 7.21. The van der Waals surface area contributed by atoms with Crippen LogP contribution in [0.4, 0.5) is 21.9 Å². The van der Waals surface area contributed by atoms with E-state index in [4.69, 9.17) is 10.5 Å². The number of imide groups is 1. The van der Waals surface area contributed by atoms with Gasteiger partial charge in [-0.2, -0.15) is 0 Å². The number of hydrogen-bond acceptors (Lipinski definition) is 4. The molecule has 0 spiro atoms. The Kier molecular flexibility index (Phi) is 5.19. The maximum Gasteiger partial charge on any atom is 0.333 e. The van der Waals surface area contributed by atoms with Crippen molar-refractivity contribution >= 4 is 29.0 Å². The molecule has 2 rings (SSSR count). The average molecular weight is 313 g/mol. The van der Waals surface area contributed by atoms with Gasteiger partial charge in [-0.3, -0.25) is 4.79 Å². The van der Waals surface area contributed by atoms with Crippen LogP contribution in [0.15, 0.2) is 48.5 Å². The minimum Gasteiger partial charge on any atom is -0.494 e. The quantitative estimate of drug-likeness (QED) is 0.849. The molecule has 2 aromatic carbocycles. The molecule has 6 nitrogen and oxygen atoms in total. The number of urea groups is 1. The molecule has 3 amide bonds. The van der Waals surface area contributed by atoms with Crippen LogP contribution in [-0.2, 0) is 4.79 Å². The number of hydrogen-bond donors (Lipinski definition) is 2. The van der Waals surface area contributed by atoms with Crippen LogP contribution in [0, 0.1) is 0 Å². The number of carbonyl (C=O) groups excluding carboxylic acids is 2. The summed E-state index contributed by atoms with van der Waals surface area (Å²) in [7, 11) is 0. The highest BCUT2D eigenvalue weighted by molar-refractivity contribution is 6.17. The highest BCUT2D eigenvalue weighted by atomic mass is 16.5. The SMILES string of the molecule is CCOc1ccc(NC(=O)N(C(C)=O)c2ccc(N)cc2)cc1. The topological polar surface area (TPSA) is 84.7 Å². The van der Waals surface area contributed by atoms with Crippen molar-refractivity contribution in [2.75, 3.05) is 22.6 Å². The summed E-state index contributed by atoms with van der Waals surface area (Å²) in [6, 6.07) is 12.9. The van der Waals surface area contributed by atoms with Gasteiger partial charge in [0, 0.05) is 18.3 Å². The molecule has 0 atom stereocenters. The Morgan fingerprint density at radius 2 is 1.70 bits per heavy atom. The molecule has 23 heavy (non-hydrogen) atoms. The van der Waals surface area contributed by atoms with Crippen LogP contribution in [-0.4, -0.2) is 18.5 Å². The third-order valence-corrected chi connectivity index (χ3v) is 3.09. The molecule has 3 N–H and O–H groups in total. The molecule has 0 aliphatic rings. The predicted octanol–water partition coefficient (Wildman–Crippen LogP) is 3.25. The van der Waals surface area contributed by atoms with Crippen molar-refractivity contribution in [2.45, 2.75) is 13.8 Å². The number of carbonyl (C=O) groups is 2. The van der Waals surface area contributed by atoms with Crippen molar-refractivity contribution in [3.05, 3.63) is 48.5 Å². The third-order valence-electron chi connectivity index (χ3n) is 3.09. The fourth-order valence-corrected chi connectivity index (χ4v) is 2.05. The molecule has 2 aromatic rings. The largest absolute Gasteiger partial charge is 0.494 e. The van der Waals surface area contributed by atoms with E-state index in [0.29, 0.717) is 29.4 Å². The zero-order valence-corrected chi connectivity index (χ0v) is 13.1. The van der Waals surface area contributed by atoms with Gasteiger partial charge in [-0.05, 0) is 55.5 Å². The first-order valence-corrected chi connectivity index (χ1v) is 7.21. The Labute approximate surface area is 134 Å². The third kappa shape index (κ3) is 4.23. The fraction of sp³-hybridized carbons (Fsp3) is 0.176. The van der Waals surface area contributed by atoms with Crippen LogP contribution in [0.5, 0.6) is 5.75 Å². The maximum atomic E-state index is 12.4. The van der Waals surface area contributed by atoms with Gasteiger partial charge in [0.2, 0.25) is 5.91 Å². The van der Waals surface area contributed by atoms with E-state index in [-0.39, 0.29) is 0 Å². The standard InChI is InChI=1S/C17H19N3O3/c1-3-23-16-10-6-14(7-11-16)19-17(22)20(12(2)21)15-8-4-13(18)5-9-15/h4-11H,3,18H2,1-2H3,(H,19,22). The van der Waals surface area contributed by atoms with Crippen LogP contribution < -0.4 is 20.7 Å². The van der Waals surface area contributed by atoms with Gasteiger partial charge in [-0.25, -0.2) is 9.69 Å². The lowest BCUT2D eigenvalue weighted by Crippen LogP contribution is -2.38. The summed E-state index contributed by atoms with van der Waals surface area (Å²) >= 11 is 0. The maximum absolute atomic E-state index is 12.4. The number of nitrogens with zero attached hydrogens (tertiary/aromatic N) is 1. The van der Waals surface area contributed by atoms with Crippen molar-refractivity contribution in [3.63, 3.8) is 0 Å². The zero-order chi connectivity index (χ0) is 16.8. The molecule has 0 heterocycles. The van der Waals surface area contributed by atoms with Crippen molar-refractivity contribution in [1.82, 2.24) is 0 Å². The molecular weight excluding hydrogens is 294 g/mol. The predicted molar refractivity (Wildman–Crippen MR) is 90.6 cm³/mol. The van der Waals surface area contributed by atoms with Crippen LogP contribution >= 0.6 is 0 Å². The number of nitrogens with two attached hydrogens (primary N) is 1. The fourth-order valence-electron chi connectivity index (χ4n) is 2.05. The van der Waals surface area contributed by atoms with E-state index in [0.717, 1.165) is 4.90 Å². The van der Waals surface area contributed by atoms with Crippen LogP contribution in [0.2, 0.25) is 0 Å². The van der Waals surface area contributed by atoms with Crippen LogP contribution in [0.1, 0.15) is 13.8 Å². The Hall–Kier alpha value is -3.02. The first-order valence-electron chi connectivity index (χ1n) is 7.21. The lowest BCUT2D eigenvalue weighted by atomic mass is 10.2. The minimum atomic E-state index is -0.536. The Morgan fingerprint density at radius 3 is 2.22 bits per heavy atom. The molecule has 0 unspecified atom stereocenters. The van der Waals surface area contributed by atoms with Crippen molar-refractivity contribution in [2.24, 2.45) is 0 Å². The summed E-state index contributed by atoms with van der Waals surface area (Å²) in [4.78, 5) is 25.2. The van der Waals surface area contributed by atoms with Gasteiger partial charge < -0.3 is 15.8 Å².